The Labute approximate surface area is 149 Å². The number of benzene rings is 1. The summed E-state index contributed by atoms with van der Waals surface area (Å²) in [4.78, 5) is 4.39. The van der Waals surface area contributed by atoms with Crippen LogP contribution < -0.4 is 0 Å². The lowest BCUT2D eigenvalue weighted by Gasteiger charge is -2.56. The minimum atomic E-state index is -0.480. The van der Waals surface area contributed by atoms with Gasteiger partial charge in [-0.1, -0.05) is 12.1 Å². The number of aromatic nitrogens is 2. The van der Waals surface area contributed by atoms with Crippen molar-refractivity contribution in [2.75, 3.05) is 13.2 Å². The molecule has 134 valence electrons. The molecular formula is C21H28N2O2. The van der Waals surface area contributed by atoms with E-state index in [9.17, 15) is 5.11 Å². The number of ether oxygens (including phenoxy) is 1. The molecular weight excluding hydrogens is 312 g/mol. The van der Waals surface area contributed by atoms with E-state index < -0.39 is 6.10 Å². The molecule has 25 heavy (non-hydrogen) atoms. The topological polar surface area (TPSA) is 47.3 Å². The Balaban J connectivity index is 1.17. The molecule has 1 aromatic heterocycles. The molecule has 1 atom stereocenters. The number of aliphatic hydroxyl groups excluding tert-OH is 1. The van der Waals surface area contributed by atoms with Crippen LogP contribution in [-0.4, -0.2) is 34.0 Å². The van der Waals surface area contributed by atoms with Gasteiger partial charge >= 0.3 is 0 Å². The van der Waals surface area contributed by atoms with E-state index in [0.29, 0.717) is 18.6 Å². The van der Waals surface area contributed by atoms with Gasteiger partial charge in [-0.3, -0.25) is 0 Å². The van der Waals surface area contributed by atoms with Crippen molar-refractivity contribution in [3.8, 4) is 0 Å². The molecule has 0 amide bonds. The Morgan fingerprint density at radius 3 is 2.52 bits per heavy atom. The largest absolute Gasteiger partial charge is 0.389 e. The van der Waals surface area contributed by atoms with Crippen LogP contribution in [0, 0.1) is 23.2 Å². The van der Waals surface area contributed by atoms with Crippen molar-refractivity contribution in [2.45, 2.75) is 51.2 Å². The van der Waals surface area contributed by atoms with Crippen LogP contribution in [0.15, 0.2) is 30.6 Å². The van der Waals surface area contributed by atoms with Crippen LogP contribution in [0.1, 0.15) is 38.5 Å². The van der Waals surface area contributed by atoms with E-state index >= 15 is 0 Å². The summed E-state index contributed by atoms with van der Waals surface area (Å²) in [7, 11) is 0. The van der Waals surface area contributed by atoms with Gasteiger partial charge in [0.2, 0.25) is 0 Å². The van der Waals surface area contributed by atoms with Crippen LogP contribution in [0.5, 0.6) is 0 Å². The standard InChI is InChI=1S/C21H28N2O2/c24-18(11-23-14-22-19-3-1-2-4-20(19)23)12-25-13-21-8-15-5-16(9-21)7-17(6-15)10-21/h1-4,14-18,24H,5-13H2/t15?,16?,17?,18-,21?/m0/s1. The first-order valence-electron chi connectivity index (χ1n) is 9.85. The fourth-order valence-electron chi connectivity index (χ4n) is 6.31. The zero-order valence-electron chi connectivity index (χ0n) is 14.8. The Hall–Kier alpha value is -1.39. The van der Waals surface area contributed by atoms with Gasteiger partial charge in [-0.2, -0.15) is 0 Å². The van der Waals surface area contributed by atoms with Gasteiger partial charge in [0.05, 0.1) is 43.2 Å². The number of imidazole rings is 1. The van der Waals surface area contributed by atoms with Crippen LogP contribution >= 0.6 is 0 Å². The lowest BCUT2D eigenvalue weighted by atomic mass is 9.50. The zero-order chi connectivity index (χ0) is 16.9. The van der Waals surface area contributed by atoms with E-state index in [-0.39, 0.29) is 0 Å². The highest BCUT2D eigenvalue weighted by Crippen LogP contribution is 2.60. The number of rotatable bonds is 6. The summed E-state index contributed by atoms with van der Waals surface area (Å²) < 4.78 is 8.08. The van der Waals surface area contributed by atoms with E-state index in [1.54, 1.807) is 0 Å². The van der Waals surface area contributed by atoms with E-state index in [4.69, 9.17) is 4.74 Å². The second-order valence-corrected chi connectivity index (χ2v) is 8.97. The quantitative estimate of drug-likeness (QED) is 0.873. The molecule has 4 saturated carbocycles. The molecule has 4 bridgehead atoms. The van der Waals surface area contributed by atoms with Crippen molar-refractivity contribution in [1.29, 1.82) is 0 Å². The summed E-state index contributed by atoms with van der Waals surface area (Å²) in [6, 6.07) is 8.05. The molecule has 1 heterocycles. The van der Waals surface area contributed by atoms with Crippen molar-refractivity contribution in [3.63, 3.8) is 0 Å². The monoisotopic (exact) mass is 340 g/mol. The highest BCUT2D eigenvalue weighted by molar-refractivity contribution is 5.74. The third kappa shape index (κ3) is 3.00. The highest BCUT2D eigenvalue weighted by atomic mass is 16.5. The normalized spacial score (nSPS) is 34.7. The molecule has 0 aliphatic heterocycles. The van der Waals surface area contributed by atoms with Gasteiger partial charge in [0.15, 0.2) is 0 Å². The van der Waals surface area contributed by atoms with Crippen LogP contribution in [0.4, 0.5) is 0 Å². The van der Waals surface area contributed by atoms with Crippen molar-refractivity contribution in [2.24, 2.45) is 23.2 Å². The van der Waals surface area contributed by atoms with Gasteiger partial charge in [0.25, 0.3) is 0 Å². The highest BCUT2D eigenvalue weighted by Gasteiger charge is 2.50. The summed E-state index contributed by atoms with van der Waals surface area (Å²) in [5, 5.41) is 10.4. The minimum Gasteiger partial charge on any atom is -0.389 e. The van der Waals surface area contributed by atoms with Gasteiger partial charge < -0.3 is 14.4 Å². The molecule has 0 radical (unpaired) electrons. The minimum absolute atomic E-state index is 0.425. The number of hydrogen-bond acceptors (Lipinski definition) is 3. The molecule has 4 nitrogen and oxygen atoms in total. The molecule has 2 aromatic rings. The number of hydrogen-bond donors (Lipinski definition) is 1. The van der Waals surface area contributed by atoms with Crippen LogP contribution in [0.25, 0.3) is 11.0 Å². The van der Waals surface area contributed by atoms with Gasteiger partial charge in [-0.15, -0.1) is 0 Å². The Kier molecular flexibility index (Phi) is 3.86. The summed E-state index contributed by atoms with van der Waals surface area (Å²) in [5.74, 6) is 2.87. The van der Waals surface area contributed by atoms with Crippen molar-refractivity contribution >= 4 is 11.0 Å². The molecule has 4 fully saturated rings. The predicted molar refractivity (Wildman–Crippen MR) is 97.2 cm³/mol. The fourth-order valence-corrected chi connectivity index (χ4v) is 6.31. The summed E-state index contributed by atoms with van der Waals surface area (Å²) in [5.41, 5.74) is 2.47. The average molecular weight is 340 g/mol. The maximum Gasteiger partial charge on any atom is 0.0959 e. The van der Waals surface area contributed by atoms with Crippen LogP contribution in [0.3, 0.4) is 0 Å². The van der Waals surface area contributed by atoms with Gasteiger partial charge in [-0.25, -0.2) is 4.98 Å². The smallest absolute Gasteiger partial charge is 0.0959 e. The number of para-hydroxylation sites is 2. The molecule has 4 aliphatic carbocycles. The molecule has 0 saturated heterocycles. The molecule has 6 rings (SSSR count). The maximum atomic E-state index is 10.4. The van der Waals surface area contributed by atoms with Crippen LogP contribution in [0.2, 0.25) is 0 Å². The first-order valence-corrected chi connectivity index (χ1v) is 9.85. The van der Waals surface area contributed by atoms with Crippen LogP contribution in [-0.2, 0) is 11.3 Å². The SMILES string of the molecule is O[C@H](COCC12CC3CC(CC(C3)C1)C2)Cn1cnc2ccccc21. The van der Waals surface area contributed by atoms with Crippen molar-refractivity contribution < 1.29 is 9.84 Å². The van der Waals surface area contributed by atoms with Crippen molar-refractivity contribution in [1.82, 2.24) is 9.55 Å². The molecule has 1 N–H and O–H groups in total. The molecule has 1 aromatic carbocycles. The first-order chi connectivity index (χ1) is 12.2. The Morgan fingerprint density at radius 1 is 1.12 bits per heavy atom. The average Bonchev–Trinajstić information content (AvgIpc) is 2.96. The molecule has 0 spiro atoms. The zero-order valence-corrected chi connectivity index (χ0v) is 14.8. The van der Waals surface area contributed by atoms with E-state index in [1.165, 1.54) is 38.5 Å². The summed E-state index contributed by atoms with van der Waals surface area (Å²) in [6.07, 6.45) is 9.82. The van der Waals surface area contributed by atoms with E-state index in [2.05, 4.69) is 4.98 Å². The maximum absolute atomic E-state index is 10.4. The number of nitrogens with zero attached hydrogens (tertiary/aromatic N) is 2. The lowest BCUT2D eigenvalue weighted by molar-refractivity contribution is -0.106. The Morgan fingerprint density at radius 2 is 1.80 bits per heavy atom. The first kappa shape index (κ1) is 15.8. The number of fused-ring (bicyclic) bond motifs is 1. The number of aliphatic hydroxyl groups is 1. The summed E-state index contributed by atoms with van der Waals surface area (Å²) >= 11 is 0. The second-order valence-electron chi connectivity index (χ2n) is 8.97. The van der Waals surface area contributed by atoms with Gasteiger partial charge in [-0.05, 0) is 73.8 Å². The summed E-state index contributed by atoms with van der Waals surface area (Å²) in [6.45, 7) is 1.81. The second kappa shape index (κ2) is 6.10. The van der Waals surface area contributed by atoms with Gasteiger partial charge in [0.1, 0.15) is 0 Å². The molecule has 0 unspecified atom stereocenters. The van der Waals surface area contributed by atoms with E-state index in [0.717, 1.165) is 35.4 Å². The lowest BCUT2D eigenvalue weighted by Crippen LogP contribution is -2.48. The van der Waals surface area contributed by atoms with Crippen molar-refractivity contribution in [3.05, 3.63) is 30.6 Å². The molecule has 4 aliphatic rings. The van der Waals surface area contributed by atoms with E-state index in [1.807, 2.05) is 35.2 Å². The third-order valence-corrected chi connectivity index (χ3v) is 6.82. The third-order valence-electron chi connectivity index (χ3n) is 6.82. The fraction of sp³-hybridized carbons (Fsp3) is 0.667. The predicted octanol–water partition coefficient (Wildman–Crippen LogP) is 3.63. The Bertz CT molecular complexity index is 718. The van der Waals surface area contributed by atoms with Gasteiger partial charge in [0, 0.05) is 0 Å². The molecule has 4 heteroatoms.